The van der Waals surface area contributed by atoms with Crippen LogP contribution >= 0.6 is 0 Å². The van der Waals surface area contributed by atoms with Gasteiger partial charge in [0, 0.05) is 52.9 Å². The molecule has 0 aromatic heterocycles. The summed E-state index contributed by atoms with van der Waals surface area (Å²) in [5.41, 5.74) is 2.65. The average Bonchev–Trinajstić information content (AvgIpc) is 3.25. The number of nitrogens with one attached hydrogen (secondary N) is 1. The van der Waals surface area contributed by atoms with Crippen molar-refractivity contribution in [2.75, 3.05) is 52.9 Å². The Balaban J connectivity index is 1.44. The molecule has 2 heterocycles. The predicted octanol–water partition coefficient (Wildman–Crippen LogP) is 1.74. The first-order valence-electron chi connectivity index (χ1n) is 10.6. The number of piperazine rings is 1. The molecule has 2 aliphatic heterocycles. The lowest BCUT2D eigenvalue weighted by Crippen LogP contribution is -2.57. The van der Waals surface area contributed by atoms with Gasteiger partial charge in [-0.25, -0.2) is 0 Å². The van der Waals surface area contributed by atoms with Gasteiger partial charge in [0.25, 0.3) is 0 Å². The zero-order chi connectivity index (χ0) is 19.9. The van der Waals surface area contributed by atoms with E-state index in [0.717, 1.165) is 71.0 Å². The molecule has 2 saturated heterocycles. The Hall–Kier alpha value is -2.08. The number of carbonyl (C=O) groups excluding carboxylic acids is 1. The maximum atomic E-state index is 12.7. The Kier molecular flexibility index (Phi) is 7.31. The lowest BCUT2D eigenvalue weighted by atomic mass is 10.1. The Bertz CT molecular complexity index is 675. The molecule has 0 radical (unpaired) electrons. The molecule has 3 rings (SSSR count). The second-order valence-corrected chi connectivity index (χ2v) is 7.94. The molecule has 1 unspecified atom stereocenters. The number of carbonyl (C=O) groups is 1. The van der Waals surface area contributed by atoms with E-state index in [2.05, 4.69) is 58.2 Å². The van der Waals surface area contributed by atoms with Crippen LogP contribution in [-0.2, 0) is 11.2 Å². The lowest BCUT2D eigenvalue weighted by molar-refractivity contribution is -0.135. The first-order chi connectivity index (χ1) is 13.6. The summed E-state index contributed by atoms with van der Waals surface area (Å²) >= 11 is 0. The van der Waals surface area contributed by atoms with Gasteiger partial charge in [-0.05, 0) is 38.7 Å². The fourth-order valence-electron chi connectivity index (χ4n) is 4.20. The molecule has 1 atom stereocenters. The molecular formula is C22H35N5O. The van der Waals surface area contributed by atoms with Crippen LogP contribution < -0.4 is 5.32 Å². The fourth-order valence-corrected chi connectivity index (χ4v) is 4.20. The summed E-state index contributed by atoms with van der Waals surface area (Å²) in [4.78, 5) is 23.8. The summed E-state index contributed by atoms with van der Waals surface area (Å²) in [6.07, 6.45) is 3.29. The van der Waals surface area contributed by atoms with Crippen molar-refractivity contribution < 1.29 is 4.79 Å². The van der Waals surface area contributed by atoms with Crippen LogP contribution in [0, 0.1) is 6.92 Å². The van der Waals surface area contributed by atoms with Crippen LogP contribution in [0.15, 0.2) is 29.3 Å². The largest absolute Gasteiger partial charge is 0.356 e. The van der Waals surface area contributed by atoms with Gasteiger partial charge in [-0.1, -0.05) is 29.8 Å². The van der Waals surface area contributed by atoms with Crippen molar-refractivity contribution in [1.29, 1.82) is 0 Å². The smallest absolute Gasteiger partial charge is 0.239 e. The van der Waals surface area contributed by atoms with Gasteiger partial charge < -0.3 is 15.1 Å². The first-order valence-corrected chi connectivity index (χ1v) is 10.6. The molecule has 6 nitrogen and oxygen atoms in total. The third-order valence-corrected chi connectivity index (χ3v) is 5.93. The minimum absolute atomic E-state index is 0.0171. The quantitative estimate of drug-likeness (QED) is 0.620. The molecule has 28 heavy (non-hydrogen) atoms. The van der Waals surface area contributed by atoms with Crippen molar-refractivity contribution in [2.24, 2.45) is 4.99 Å². The van der Waals surface area contributed by atoms with Gasteiger partial charge in [0.15, 0.2) is 5.96 Å². The van der Waals surface area contributed by atoms with Crippen LogP contribution in [0.1, 0.15) is 30.9 Å². The summed E-state index contributed by atoms with van der Waals surface area (Å²) < 4.78 is 0. The highest BCUT2D eigenvalue weighted by Crippen LogP contribution is 2.14. The van der Waals surface area contributed by atoms with E-state index < -0.39 is 0 Å². The third-order valence-electron chi connectivity index (χ3n) is 5.93. The molecule has 1 amide bonds. The van der Waals surface area contributed by atoms with Crippen molar-refractivity contribution in [3.8, 4) is 0 Å². The van der Waals surface area contributed by atoms with Crippen LogP contribution in [0.2, 0.25) is 0 Å². The summed E-state index contributed by atoms with van der Waals surface area (Å²) in [7, 11) is 1.85. The molecule has 2 fully saturated rings. The van der Waals surface area contributed by atoms with E-state index in [1.807, 2.05) is 11.9 Å². The Labute approximate surface area is 169 Å². The van der Waals surface area contributed by atoms with Crippen molar-refractivity contribution in [3.05, 3.63) is 35.4 Å². The number of hydrogen-bond acceptors (Lipinski definition) is 3. The van der Waals surface area contributed by atoms with Crippen LogP contribution in [0.4, 0.5) is 0 Å². The van der Waals surface area contributed by atoms with Gasteiger partial charge in [-0.2, -0.15) is 0 Å². The van der Waals surface area contributed by atoms with Gasteiger partial charge in [-0.15, -0.1) is 0 Å². The van der Waals surface area contributed by atoms with Gasteiger partial charge >= 0.3 is 0 Å². The number of hydrogen-bond donors (Lipinski definition) is 1. The number of aliphatic imine (C=N–C) groups is 1. The molecule has 154 valence electrons. The number of amides is 1. The molecule has 2 aliphatic rings. The van der Waals surface area contributed by atoms with E-state index in [9.17, 15) is 4.79 Å². The summed E-state index contributed by atoms with van der Waals surface area (Å²) in [6.45, 7) is 10.5. The van der Waals surface area contributed by atoms with Crippen molar-refractivity contribution in [1.82, 2.24) is 20.0 Å². The summed E-state index contributed by atoms with van der Waals surface area (Å²) in [5, 5.41) is 3.50. The zero-order valence-corrected chi connectivity index (χ0v) is 17.7. The maximum Gasteiger partial charge on any atom is 0.239 e. The number of rotatable bonds is 5. The Morgan fingerprint density at radius 1 is 1.11 bits per heavy atom. The number of aryl methyl sites for hydroxylation is 1. The molecule has 0 spiro atoms. The van der Waals surface area contributed by atoms with E-state index in [0.29, 0.717) is 5.91 Å². The number of guanidine groups is 1. The molecule has 6 heteroatoms. The van der Waals surface area contributed by atoms with Gasteiger partial charge in [-0.3, -0.25) is 14.7 Å². The molecular weight excluding hydrogens is 350 g/mol. The molecule has 0 aliphatic carbocycles. The SMILES string of the molecule is CN=C(NCCc1cccc(C)c1)N1CCN(C(C)C(=O)N2CCCC2)CC1. The highest BCUT2D eigenvalue weighted by atomic mass is 16.2. The lowest BCUT2D eigenvalue weighted by Gasteiger charge is -2.39. The van der Waals surface area contributed by atoms with E-state index >= 15 is 0 Å². The topological polar surface area (TPSA) is 51.2 Å². The standard InChI is InChI=1S/C22H35N5O/c1-18-7-6-8-20(17-18)9-10-24-22(23-3)27-15-13-25(14-16-27)19(2)21(28)26-11-4-5-12-26/h6-8,17,19H,4-5,9-16H2,1-3H3,(H,23,24). The summed E-state index contributed by atoms with van der Waals surface area (Å²) in [5.74, 6) is 1.26. The normalized spacial score (nSPS) is 19.8. The maximum absolute atomic E-state index is 12.7. The average molecular weight is 386 g/mol. The van der Waals surface area contributed by atoms with Crippen molar-refractivity contribution in [2.45, 2.75) is 39.2 Å². The van der Waals surface area contributed by atoms with Gasteiger partial charge in [0.05, 0.1) is 6.04 Å². The minimum atomic E-state index is -0.0171. The second-order valence-electron chi connectivity index (χ2n) is 7.94. The van der Waals surface area contributed by atoms with Gasteiger partial charge in [0.2, 0.25) is 5.91 Å². The molecule has 1 aromatic rings. The number of benzene rings is 1. The van der Waals surface area contributed by atoms with Crippen molar-refractivity contribution in [3.63, 3.8) is 0 Å². The van der Waals surface area contributed by atoms with Gasteiger partial charge in [0.1, 0.15) is 0 Å². The van der Waals surface area contributed by atoms with Crippen LogP contribution in [0.5, 0.6) is 0 Å². The van der Waals surface area contributed by atoms with E-state index in [1.165, 1.54) is 11.1 Å². The van der Waals surface area contributed by atoms with E-state index in [1.54, 1.807) is 0 Å². The Morgan fingerprint density at radius 2 is 1.82 bits per heavy atom. The molecule has 1 aromatic carbocycles. The highest BCUT2D eigenvalue weighted by Gasteiger charge is 2.30. The van der Waals surface area contributed by atoms with Crippen LogP contribution in [0.25, 0.3) is 0 Å². The third kappa shape index (κ3) is 5.25. The minimum Gasteiger partial charge on any atom is -0.356 e. The second kappa shape index (κ2) is 9.92. The first kappa shape index (κ1) is 20.6. The molecule has 0 saturated carbocycles. The molecule has 1 N–H and O–H groups in total. The fraction of sp³-hybridized carbons (Fsp3) is 0.636. The van der Waals surface area contributed by atoms with Crippen molar-refractivity contribution >= 4 is 11.9 Å². The van der Waals surface area contributed by atoms with Crippen LogP contribution in [-0.4, -0.2) is 85.5 Å². The van der Waals surface area contributed by atoms with E-state index in [4.69, 9.17) is 0 Å². The highest BCUT2D eigenvalue weighted by molar-refractivity contribution is 5.82. The monoisotopic (exact) mass is 385 g/mol. The Morgan fingerprint density at radius 3 is 2.46 bits per heavy atom. The zero-order valence-electron chi connectivity index (χ0n) is 17.7. The van der Waals surface area contributed by atoms with Crippen LogP contribution in [0.3, 0.4) is 0 Å². The number of nitrogens with zero attached hydrogens (tertiary/aromatic N) is 4. The predicted molar refractivity (Wildman–Crippen MR) is 115 cm³/mol. The van der Waals surface area contributed by atoms with E-state index in [-0.39, 0.29) is 6.04 Å². The molecule has 0 bridgehead atoms. The number of likely N-dealkylation sites (tertiary alicyclic amines) is 1. The summed E-state index contributed by atoms with van der Waals surface area (Å²) in [6, 6.07) is 8.64.